The molecule has 46 valence electrons. The number of aryl methyl sites for hydroxylation is 1. The molecule has 8 heavy (non-hydrogen) atoms. The smallest absolute Gasteiger partial charge is 0.0319 e. The van der Waals surface area contributed by atoms with E-state index in [1.165, 1.54) is 5.56 Å². The maximum absolute atomic E-state index is 7.00. The van der Waals surface area contributed by atoms with Crippen molar-refractivity contribution in [1.82, 2.24) is 0 Å². The van der Waals surface area contributed by atoms with Crippen LogP contribution in [0.2, 0.25) is 0 Å². The molecule has 1 nitrogen and oxygen atoms in total. The maximum atomic E-state index is 7.00. The van der Waals surface area contributed by atoms with Gasteiger partial charge in [-0.2, -0.15) is 11.3 Å². The van der Waals surface area contributed by atoms with Crippen LogP contribution in [0.3, 0.4) is 0 Å². The van der Waals surface area contributed by atoms with Crippen molar-refractivity contribution < 1.29 is 5.11 Å². The highest BCUT2D eigenvalue weighted by Crippen LogP contribution is 2.01. The van der Waals surface area contributed by atoms with Crippen LogP contribution in [-0.4, -0.2) is 12.2 Å². The molecule has 1 rings (SSSR count). The molecule has 0 aliphatic carbocycles. The van der Waals surface area contributed by atoms with E-state index in [4.69, 9.17) is 5.11 Å². The monoisotopic (exact) mass is 130 g/mol. The zero-order chi connectivity index (χ0) is 6.41. The molecule has 0 atom stereocenters. The SMILES string of the molecule is CO.Cc1ccsc1. The van der Waals surface area contributed by atoms with Crippen LogP contribution in [0.15, 0.2) is 16.8 Å². The predicted molar refractivity (Wildman–Crippen MR) is 37.2 cm³/mol. The topological polar surface area (TPSA) is 20.2 Å². The van der Waals surface area contributed by atoms with Gasteiger partial charge in [-0.3, -0.25) is 0 Å². The molecular formula is C6H10OS. The van der Waals surface area contributed by atoms with E-state index in [1.807, 2.05) is 0 Å². The lowest BCUT2D eigenvalue weighted by Gasteiger charge is -1.65. The standard InChI is InChI=1S/C5H6S.CH4O/c1-5-2-3-6-4-5;1-2/h2-4H,1H3;2H,1H3. The molecular weight excluding hydrogens is 120 g/mol. The molecule has 0 amide bonds. The number of hydrogen-bond donors (Lipinski definition) is 1. The van der Waals surface area contributed by atoms with E-state index in [0.29, 0.717) is 0 Å². The van der Waals surface area contributed by atoms with E-state index >= 15 is 0 Å². The van der Waals surface area contributed by atoms with Crippen LogP contribution in [0.1, 0.15) is 5.56 Å². The Morgan fingerprint density at radius 1 is 1.50 bits per heavy atom. The molecule has 0 aliphatic rings. The van der Waals surface area contributed by atoms with Gasteiger partial charge in [0.15, 0.2) is 0 Å². The summed E-state index contributed by atoms with van der Waals surface area (Å²) < 4.78 is 0. The zero-order valence-corrected chi connectivity index (χ0v) is 5.90. The van der Waals surface area contributed by atoms with Gasteiger partial charge in [-0.05, 0) is 29.3 Å². The molecule has 1 heterocycles. The Hall–Kier alpha value is -0.340. The fraction of sp³-hybridized carbons (Fsp3) is 0.333. The summed E-state index contributed by atoms with van der Waals surface area (Å²) >= 11 is 1.74. The molecule has 0 radical (unpaired) electrons. The van der Waals surface area contributed by atoms with Crippen LogP contribution < -0.4 is 0 Å². The molecule has 1 aromatic rings. The van der Waals surface area contributed by atoms with Crippen LogP contribution in [0.4, 0.5) is 0 Å². The Morgan fingerprint density at radius 3 is 2.25 bits per heavy atom. The number of rotatable bonds is 0. The van der Waals surface area contributed by atoms with Crippen molar-refractivity contribution in [3.63, 3.8) is 0 Å². The molecule has 0 saturated heterocycles. The van der Waals surface area contributed by atoms with Gasteiger partial charge in [-0.1, -0.05) is 0 Å². The third kappa shape index (κ3) is 2.77. The summed E-state index contributed by atoms with van der Waals surface area (Å²) in [6, 6.07) is 2.10. The minimum atomic E-state index is 1.00. The third-order valence-corrected chi connectivity index (χ3v) is 1.46. The van der Waals surface area contributed by atoms with Crippen molar-refractivity contribution >= 4 is 11.3 Å². The highest BCUT2D eigenvalue weighted by atomic mass is 32.1. The largest absolute Gasteiger partial charge is 0.400 e. The number of aliphatic hydroxyl groups is 1. The third-order valence-electron chi connectivity index (χ3n) is 0.663. The summed E-state index contributed by atoms with van der Waals surface area (Å²) in [5.74, 6) is 0. The van der Waals surface area contributed by atoms with Crippen molar-refractivity contribution in [2.24, 2.45) is 0 Å². The fourth-order valence-corrected chi connectivity index (χ4v) is 0.998. The average molecular weight is 130 g/mol. The van der Waals surface area contributed by atoms with Crippen molar-refractivity contribution in [3.8, 4) is 0 Å². The van der Waals surface area contributed by atoms with Gasteiger partial charge < -0.3 is 5.11 Å². The van der Waals surface area contributed by atoms with Gasteiger partial charge in [0.25, 0.3) is 0 Å². The van der Waals surface area contributed by atoms with Gasteiger partial charge in [0.1, 0.15) is 0 Å². The highest BCUT2D eigenvalue weighted by molar-refractivity contribution is 7.07. The van der Waals surface area contributed by atoms with Crippen molar-refractivity contribution in [1.29, 1.82) is 0 Å². The molecule has 0 fully saturated rings. The molecule has 0 spiro atoms. The molecule has 1 aromatic heterocycles. The molecule has 0 unspecified atom stereocenters. The van der Waals surface area contributed by atoms with Gasteiger partial charge in [-0.25, -0.2) is 0 Å². The molecule has 0 bridgehead atoms. The summed E-state index contributed by atoms with van der Waals surface area (Å²) in [4.78, 5) is 0. The van der Waals surface area contributed by atoms with Gasteiger partial charge in [0.05, 0.1) is 0 Å². The van der Waals surface area contributed by atoms with Gasteiger partial charge in [0, 0.05) is 7.11 Å². The van der Waals surface area contributed by atoms with Crippen LogP contribution in [0, 0.1) is 6.92 Å². The minimum Gasteiger partial charge on any atom is -0.400 e. The van der Waals surface area contributed by atoms with Crippen molar-refractivity contribution in [3.05, 3.63) is 22.4 Å². The Kier molecular flexibility index (Phi) is 4.61. The maximum Gasteiger partial charge on any atom is 0.0319 e. The quantitative estimate of drug-likeness (QED) is 0.566. The average Bonchev–Trinajstić information content (AvgIpc) is 2.24. The Morgan fingerprint density at radius 2 is 2.12 bits per heavy atom. The Labute approximate surface area is 53.6 Å². The first kappa shape index (κ1) is 7.66. The van der Waals surface area contributed by atoms with Crippen LogP contribution >= 0.6 is 11.3 Å². The normalized spacial score (nSPS) is 7.38. The second-order valence-corrected chi connectivity index (χ2v) is 2.08. The number of hydrogen-bond acceptors (Lipinski definition) is 2. The van der Waals surface area contributed by atoms with E-state index < -0.39 is 0 Å². The molecule has 1 N–H and O–H groups in total. The summed E-state index contributed by atoms with van der Waals surface area (Å²) in [6.45, 7) is 2.09. The molecule has 0 aliphatic heterocycles. The summed E-state index contributed by atoms with van der Waals surface area (Å²) in [5, 5.41) is 11.2. The van der Waals surface area contributed by atoms with Gasteiger partial charge in [0.2, 0.25) is 0 Å². The second kappa shape index (κ2) is 4.81. The summed E-state index contributed by atoms with van der Waals surface area (Å²) in [7, 11) is 1.00. The van der Waals surface area contributed by atoms with E-state index in [1.54, 1.807) is 11.3 Å². The van der Waals surface area contributed by atoms with E-state index in [2.05, 4.69) is 23.8 Å². The summed E-state index contributed by atoms with van der Waals surface area (Å²) in [5.41, 5.74) is 1.36. The lowest BCUT2D eigenvalue weighted by Crippen LogP contribution is -1.47. The lowest BCUT2D eigenvalue weighted by atomic mass is 10.4. The molecule has 2 heteroatoms. The predicted octanol–water partition coefficient (Wildman–Crippen LogP) is 1.67. The minimum absolute atomic E-state index is 1.00. The van der Waals surface area contributed by atoms with Gasteiger partial charge >= 0.3 is 0 Å². The van der Waals surface area contributed by atoms with E-state index in [9.17, 15) is 0 Å². The highest BCUT2D eigenvalue weighted by Gasteiger charge is 1.74. The summed E-state index contributed by atoms with van der Waals surface area (Å²) in [6.07, 6.45) is 0. The van der Waals surface area contributed by atoms with E-state index in [-0.39, 0.29) is 0 Å². The van der Waals surface area contributed by atoms with Crippen molar-refractivity contribution in [2.75, 3.05) is 7.11 Å². The number of aliphatic hydroxyl groups excluding tert-OH is 1. The Bertz CT molecular complexity index is 112. The first-order valence-electron chi connectivity index (χ1n) is 2.33. The second-order valence-electron chi connectivity index (χ2n) is 1.30. The number of thiophene rings is 1. The van der Waals surface area contributed by atoms with Crippen LogP contribution in [-0.2, 0) is 0 Å². The first-order valence-corrected chi connectivity index (χ1v) is 3.27. The fourth-order valence-electron chi connectivity index (χ4n) is 0.333. The van der Waals surface area contributed by atoms with Crippen molar-refractivity contribution in [2.45, 2.75) is 6.92 Å². The first-order chi connectivity index (χ1) is 3.89. The zero-order valence-electron chi connectivity index (χ0n) is 5.09. The lowest BCUT2D eigenvalue weighted by molar-refractivity contribution is 0.399. The van der Waals surface area contributed by atoms with E-state index in [0.717, 1.165) is 7.11 Å². The molecule has 0 saturated carbocycles. The van der Waals surface area contributed by atoms with Gasteiger partial charge in [-0.15, -0.1) is 0 Å². The Balaban J connectivity index is 0.000000222. The molecule has 0 aromatic carbocycles. The van der Waals surface area contributed by atoms with Crippen LogP contribution in [0.5, 0.6) is 0 Å². The van der Waals surface area contributed by atoms with Crippen LogP contribution in [0.25, 0.3) is 0 Å².